The molecule has 1 saturated heterocycles. The van der Waals surface area contributed by atoms with Crippen molar-refractivity contribution in [3.63, 3.8) is 0 Å². The monoisotopic (exact) mass is 214 g/mol. The molecule has 4 N–H and O–H groups in total. The minimum Gasteiger partial charge on any atom is -0.409 e. The minimum atomic E-state index is 0.277. The van der Waals surface area contributed by atoms with Crippen molar-refractivity contribution in [2.45, 2.75) is 45.1 Å². The van der Waals surface area contributed by atoms with E-state index in [1.807, 2.05) is 0 Å². The molecule has 1 heterocycles. The van der Waals surface area contributed by atoms with Crippen LogP contribution >= 0.6 is 0 Å². The number of hydrazine groups is 1. The van der Waals surface area contributed by atoms with Gasteiger partial charge >= 0.3 is 0 Å². The zero-order valence-corrected chi connectivity index (χ0v) is 9.45. The molecule has 0 aromatic carbocycles. The highest BCUT2D eigenvalue weighted by atomic mass is 16.4. The van der Waals surface area contributed by atoms with E-state index in [2.05, 4.69) is 22.5 Å². The predicted octanol–water partition coefficient (Wildman–Crippen LogP) is 0.892. The SMILES string of the molecule is CCC(CC(N)=NO)NN1CCCCC1. The Labute approximate surface area is 91.3 Å². The first kappa shape index (κ1) is 12.3. The van der Waals surface area contributed by atoms with Gasteiger partial charge < -0.3 is 10.9 Å². The van der Waals surface area contributed by atoms with Crippen molar-refractivity contribution in [3.8, 4) is 0 Å². The highest BCUT2D eigenvalue weighted by molar-refractivity contribution is 5.80. The van der Waals surface area contributed by atoms with E-state index in [1.54, 1.807) is 0 Å². The standard InChI is InChI=1S/C10H22N4O/c1-2-9(8-10(11)13-15)12-14-6-4-3-5-7-14/h9,12,15H,2-8H2,1H3,(H2,11,13). The maximum atomic E-state index is 8.51. The molecule has 5 heteroatoms. The smallest absolute Gasteiger partial charge is 0.140 e. The third-order valence-corrected chi connectivity index (χ3v) is 2.80. The third kappa shape index (κ3) is 4.48. The topological polar surface area (TPSA) is 73.9 Å². The average Bonchev–Trinajstić information content (AvgIpc) is 2.29. The Morgan fingerprint density at radius 1 is 1.47 bits per heavy atom. The van der Waals surface area contributed by atoms with Gasteiger partial charge in [-0.2, -0.15) is 0 Å². The second-order valence-electron chi connectivity index (χ2n) is 4.08. The summed E-state index contributed by atoms with van der Waals surface area (Å²) in [5, 5.41) is 13.8. The van der Waals surface area contributed by atoms with Crippen LogP contribution in [-0.4, -0.2) is 35.2 Å². The van der Waals surface area contributed by atoms with Gasteiger partial charge in [-0.25, -0.2) is 5.01 Å². The molecule has 15 heavy (non-hydrogen) atoms. The van der Waals surface area contributed by atoms with Crippen molar-refractivity contribution in [2.75, 3.05) is 13.1 Å². The highest BCUT2D eigenvalue weighted by Gasteiger charge is 2.15. The molecule has 0 aromatic heterocycles. The third-order valence-electron chi connectivity index (χ3n) is 2.80. The van der Waals surface area contributed by atoms with E-state index >= 15 is 0 Å². The molecule has 0 aromatic rings. The zero-order chi connectivity index (χ0) is 11.1. The van der Waals surface area contributed by atoms with Crippen LogP contribution in [-0.2, 0) is 0 Å². The average molecular weight is 214 g/mol. The number of rotatable bonds is 5. The van der Waals surface area contributed by atoms with Gasteiger partial charge in [0.15, 0.2) is 0 Å². The quantitative estimate of drug-likeness (QED) is 0.275. The maximum absolute atomic E-state index is 8.51. The summed E-state index contributed by atoms with van der Waals surface area (Å²) in [5.74, 6) is 0.298. The van der Waals surface area contributed by atoms with Crippen LogP contribution in [0.4, 0.5) is 0 Å². The molecule has 0 spiro atoms. The summed E-state index contributed by atoms with van der Waals surface area (Å²) in [4.78, 5) is 0. The molecule has 88 valence electrons. The number of oxime groups is 1. The van der Waals surface area contributed by atoms with Gasteiger partial charge in [-0.1, -0.05) is 18.5 Å². The van der Waals surface area contributed by atoms with Crippen molar-refractivity contribution < 1.29 is 5.21 Å². The fourth-order valence-electron chi connectivity index (χ4n) is 1.86. The summed E-state index contributed by atoms with van der Waals surface area (Å²) >= 11 is 0. The zero-order valence-electron chi connectivity index (χ0n) is 9.45. The molecule has 0 aliphatic carbocycles. The Hall–Kier alpha value is -0.810. The van der Waals surface area contributed by atoms with Crippen molar-refractivity contribution in [2.24, 2.45) is 10.9 Å². The molecule has 0 amide bonds. The summed E-state index contributed by atoms with van der Waals surface area (Å²) in [7, 11) is 0. The molecule has 1 unspecified atom stereocenters. The lowest BCUT2D eigenvalue weighted by atomic mass is 10.1. The molecule has 1 aliphatic heterocycles. The molecule has 5 nitrogen and oxygen atoms in total. The Balaban J connectivity index is 2.31. The minimum absolute atomic E-state index is 0.277. The van der Waals surface area contributed by atoms with Crippen molar-refractivity contribution in [1.82, 2.24) is 10.4 Å². The number of hydrogen-bond donors (Lipinski definition) is 3. The van der Waals surface area contributed by atoms with Gasteiger partial charge in [0.05, 0.1) is 0 Å². The Bertz CT molecular complexity index is 202. The fraction of sp³-hybridized carbons (Fsp3) is 0.900. The number of amidine groups is 1. The van der Waals surface area contributed by atoms with E-state index in [9.17, 15) is 0 Å². The van der Waals surface area contributed by atoms with Crippen LogP contribution < -0.4 is 11.2 Å². The van der Waals surface area contributed by atoms with Gasteiger partial charge in [0, 0.05) is 25.6 Å². The molecule has 1 fully saturated rings. The van der Waals surface area contributed by atoms with Crippen molar-refractivity contribution in [1.29, 1.82) is 0 Å². The molecule has 0 bridgehead atoms. The maximum Gasteiger partial charge on any atom is 0.140 e. The number of piperidine rings is 1. The molecule has 1 rings (SSSR count). The van der Waals surface area contributed by atoms with Crippen LogP contribution in [0.5, 0.6) is 0 Å². The first-order valence-corrected chi connectivity index (χ1v) is 5.73. The number of nitrogens with two attached hydrogens (primary N) is 1. The molecule has 0 saturated carbocycles. The van der Waals surface area contributed by atoms with Gasteiger partial charge in [0.1, 0.15) is 5.84 Å². The van der Waals surface area contributed by atoms with Crippen molar-refractivity contribution >= 4 is 5.84 Å². The second kappa shape index (κ2) is 6.63. The summed E-state index contributed by atoms with van der Waals surface area (Å²) in [6.07, 6.45) is 5.42. The Morgan fingerprint density at radius 3 is 2.67 bits per heavy atom. The van der Waals surface area contributed by atoms with E-state index < -0.39 is 0 Å². The van der Waals surface area contributed by atoms with Crippen LogP contribution in [0.3, 0.4) is 0 Å². The number of nitrogens with one attached hydrogen (secondary N) is 1. The van der Waals surface area contributed by atoms with E-state index in [0.29, 0.717) is 12.3 Å². The summed E-state index contributed by atoms with van der Waals surface area (Å²) in [5.41, 5.74) is 8.93. The van der Waals surface area contributed by atoms with Gasteiger partial charge in [-0.3, -0.25) is 5.43 Å². The largest absolute Gasteiger partial charge is 0.409 e. The first-order chi connectivity index (χ1) is 7.26. The van der Waals surface area contributed by atoms with Crippen molar-refractivity contribution in [3.05, 3.63) is 0 Å². The van der Waals surface area contributed by atoms with Crippen LogP contribution in [0.15, 0.2) is 5.16 Å². The fourth-order valence-corrected chi connectivity index (χ4v) is 1.86. The van der Waals surface area contributed by atoms with Gasteiger partial charge in [0.2, 0.25) is 0 Å². The van der Waals surface area contributed by atoms with E-state index in [0.717, 1.165) is 19.5 Å². The first-order valence-electron chi connectivity index (χ1n) is 5.73. The van der Waals surface area contributed by atoms with Crippen LogP contribution in [0.25, 0.3) is 0 Å². The molecular formula is C10H22N4O. The van der Waals surface area contributed by atoms with Gasteiger partial charge in [0.25, 0.3) is 0 Å². The van der Waals surface area contributed by atoms with Gasteiger partial charge in [-0.15, -0.1) is 0 Å². The highest BCUT2D eigenvalue weighted by Crippen LogP contribution is 2.08. The Morgan fingerprint density at radius 2 is 2.13 bits per heavy atom. The van der Waals surface area contributed by atoms with Crippen LogP contribution in [0.2, 0.25) is 0 Å². The lowest BCUT2D eigenvalue weighted by Gasteiger charge is -2.31. The summed E-state index contributed by atoms with van der Waals surface area (Å²) < 4.78 is 0. The van der Waals surface area contributed by atoms with Crippen LogP contribution in [0, 0.1) is 0 Å². The second-order valence-corrected chi connectivity index (χ2v) is 4.08. The summed E-state index contributed by atoms with van der Waals surface area (Å²) in [6, 6.07) is 0.277. The molecular weight excluding hydrogens is 192 g/mol. The summed E-state index contributed by atoms with van der Waals surface area (Å²) in [6.45, 7) is 4.31. The van der Waals surface area contributed by atoms with E-state index in [1.165, 1.54) is 19.3 Å². The number of nitrogens with zero attached hydrogens (tertiary/aromatic N) is 2. The van der Waals surface area contributed by atoms with E-state index in [4.69, 9.17) is 10.9 Å². The Kier molecular flexibility index (Phi) is 5.42. The molecule has 1 aliphatic rings. The molecule has 1 atom stereocenters. The predicted molar refractivity (Wildman–Crippen MR) is 60.7 cm³/mol. The lowest BCUT2D eigenvalue weighted by Crippen LogP contribution is -2.48. The van der Waals surface area contributed by atoms with Gasteiger partial charge in [-0.05, 0) is 19.3 Å². The number of hydrogen-bond acceptors (Lipinski definition) is 4. The normalized spacial score (nSPS) is 21.5. The van der Waals surface area contributed by atoms with Crippen LogP contribution in [0.1, 0.15) is 39.0 Å². The molecule has 0 radical (unpaired) electrons. The lowest BCUT2D eigenvalue weighted by molar-refractivity contribution is 0.128. The van der Waals surface area contributed by atoms with E-state index in [-0.39, 0.29) is 6.04 Å².